The quantitative estimate of drug-likeness (QED) is 0.792. The van der Waals surface area contributed by atoms with Crippen LogP contribution in [-0.4, -0.2) is 19.1 Å². The first-order valence-electron chi connectivity index (χ1n) is 8.48. The van der Waals surface area contributed by atoms with Crippen LogP contribution >= 0.6 is 0 Å². The highest BCUT2D eigenvalue weighted by molar-refractivity contribution is 5.95. The molecule has 3 nitrogen and oxygen atoms in total. The zero-order valence-electron chi connectivity index (χ0n) is 15.3. The van der Waals surface area contributed by atoms with Crippen LogP contribution in [0.1, 0.15) is 52.4 Å². The first kappa shape index (κ1) is 18.1. The van der Waals surface area contributed by atoms with Crippen molar-refractivity contribution in [2.45, 2.75) is 40.5 Å². The van der Waals surface area contributed by atoms with E-state index in [-0.39, 0.29) is 5.91 Å². The normalized spacial score (nSPS) is 10.8. The largest absolute Gasteiger partial charge is 0.491 e. The summed E-state index contributed by atoms with van der Waals surface area (Å²) in [4.78, 5) is 12.3. The van der Waals surface area contributed by atoms with Crippen LogP contribution in [0, 0.1) is 20.8 Å². The van der Waals surface area contributed by atoms with Crippen molar-refractivity contribution in [3.8, 4) is 5.75 Å². The van der Waals surface area contributed by atoms with Gasteiger partial charge in [0.25, 0.3) is 5.91 Å². The number of amides is 1. The Morgan fingerprint density at radius 3 is 2.42 bits per heavy atom. The van der Waals surface area contributed by atoms with Crippen LogP contribution in [0.25, 0.3) is 0 Å². The van der Waals surface area contributed by atoms with Crippen LogP contribution in [0.2, 0.25) is 0 Å². The SMILES string of the molecule is Cc1cc(C)c(C(=O)NCCOc2ccccc2C(C)C)cc1C. The molecule has 0 spiro atoms. The number of benzene rings is 2. The van der Waals surface area contributed by atoms with Gasteiger partial charge in [-0.05, 0) is 61.1 Å². The summed E-state index contributed by atoms with van der Waals surface area (Å²) in [6.07, 6.45) is 0. The highest BCUT2D eigenvalue weighted by Crippen LogP contribution is 2.25. The molecule has 1 amide bonds. The van der Waals surface area contributed by atoms with Crippen molar-refractivity contribution in [1.82, 2.24) is 5.32 Å². The van der Waals surface area contributed by atoms with Crippen molar-refractivity contribution < 1.29 is 9.53 Å². The summed E-state index contributed by atoms with van der Waals surface area (Å²) in [5, 5.41) is 2.94. The Kier molecular flexibility index (Phi) is 6.02. The van der Waals surface area contributed by atoms with Gasteiger partial charge >= 0.3 is 0 Å². The average molecular weight is 325 g/mol. The smallest absolute Gasteiger partial charge is 0.251 e. The van der Waals surface area contributed by atoms with Crippen LogP contribution in [-0.2, 0) is 0 Å². The van der Waals surface area contributed by atoms with E-state index in [1.165, 1.54) is 11.1 Å². The van der Waals surface area contributed by atoms with E-state index in [0.29, 0.717) is 19.1 Å². The summed E-state index contributed by atoms with van der Waals surface area (Å²) in [5.74, 6) is 1.26. The van der Waals surface area contributed by atoms with Gasteiger partial charge < -0.3 is 10.1 Å². The Bertz CT molecular complexity index is 720. The first-order chi connectivity index (χ1) is 11.4. The molecule has 2 aromatic rings. The molecule has 0 aromatic heterocycles. The summed E-state index contributed by atoms with van der Waals surface area (Å²) in [6.45, 7) is 11.3. The number of hydrogen-bond donors (Lipinski definition) is 1. The number of nitrogens with one attached hydrogen (secondary N) is 1. The molecule has 0 aliphatic carbocycles. The van der Waals surface area contributed by atoms with E-state index in [1.54, 1.807) is 0 Å². The van der Waals surface area contributed by atoms with Gasteiger partial charge in [0.2, 0.25) is 0 Å². The van der Waals surface area contributed by atoms with Crippen molar-refractivity contribution in [2.75, 3.05) is 13.2 Å². The van der Waals surface area contributed by atoms with E-state index in [1.807, 2.05) is 38.1 Å². The molecule has 2 aromatic carbocycles. The number of carbonyl (C=O) groups is 1. The van der Waals surface area contributed by atoms with Gasteiger partial charge in [-0.15, -0.1) is 0 Å². The molecule has 0 heterocycles. The Hall–Kier alpha value is -2.29. The lowest BCUT2D eigenvalue weighted by Gasteiger charge is -2.14. The van der Waals surface area contributed by atoms with Crippen molar-refractivity contribution in [3.63, 3.8) is 0 Å². The lowest BCUT2D eigenvalue weighted by Crippen LogP contribution is -2.28. The molecule has 2 rings (SSSR count). The van der Waals surface area contributed by atoms with Crippen LogP contribution < -0.4 is 10.1 Å². The van der Waals surface area contributed by atoms with Gasteiger partial charge in [-0.3, -0.25) is 4.79 Å². The summed E-state index contributed by atoms with van der Waals surface area (Å²) >= 11 is 0. The van der Waals surface area contributed by atoms with Crippen LogP contribution in [0.15, 0.2) is 36.4 Å². The van der Waals surface area contributed by atoms with Crippen LogP contribution in [0.5, 0.6) is 5.75 Å². The molecule has 0 fully saturated rings. The highest BCUT2D eigenvalue weighted by atomic mass is 16.5. The van der Waals surface area contributed by atoms with E-state index in [4.69, 9.17) is 4.74 Å². The maximum absolute atomic E-state index is 12.3. The molecule has 3 heteroatoms. The van der Waals surface area contributed by atoms with E-state index in [0.717, 1.165) is 22.4 Å². The summed E-state index contributed by atoms with van der Waals surface area (Å²) in [6, 6.07) is 12.1. The average Bonchev–Trinajstić information content (AvgIpc) is 2.55. The summed E-state index contributed by atoms with van der Waals surface area (Å²) in [7, 11) is 0. The minimum absolute atomic E-state index is 0.0451. The molecule has 0 bridgehead atoms. The predicted molar refractivity (Wildman–Crippen MR) is 99.0 cm³/mol. The van der Waals surface area contributed by atoms with Crippen molar-refractivity contribution in [3.05, 3.63) is 64.2 Å². The molecular formula is C21H27NO2. The van der Waals surface area contributed by atoms with Gasteiger partial charge in [0.05, 0.1) is 6.54 Å². The molecule has 1 N–H and O–H groups in total. The molecule has 0 atom stereocenters. The molecule has 0 saturated carbocycles. The van der Waals surface area contributed by atoms with Gasteiger partial charge in [-0.1, -0.05) is 38.1 Å². The number of carbonyl (C=O) groups excluding carboxylic acids is 1. The second kappa shape index (κ2) is 8.00. The third kappa shape index (κ3) is 4.38. The maximum atomic E-state index is 12.3. The van der Waals surface area contributed by atoms with E-state index >= 15 is 0 Å². The number of aryl methyl sites for hydroxylation is 3. The van der Waals surface area contributed by atoms with Crippen molar-refractivity contribution in [1.29, 1.82) is 0 Å². The fraction of sp³-hybridized carbons (Fsp3) is 0.381. The number of ether oxygens (including phenoxy) is 1. The minimum atomic E-state index is -0.0451. The van der Waals surface area contributed by atoms with Gasteiger partial charge in [-0.25, -0.2) is 0 Å². The van der Waals surface area contributed by atoms with E-state index in [2.05, 4.69) is 38.2 Å². The second-order valence-corrected chi connectivity index (χ2v) is 6.55. The maximum Gasteiger partial charge on any atom is 0.251 e. The molecule has 0 saturated heterocycles. The highest BCUT2D eigenvalue weighted by Gasteiger charge is 2.11. The van der Waals surface area contributed by atoms with E-state index < -0.39 is 0 Å². The van der Waals surface area contributed by atoms with Crippen molar-refractivity contribution in [2.24, 2.45) is 0 Å². The lowest BCUT2D eigenvalue weighted by atomic mass is 10.0. The zero-order chi connectivity index (χ0) is 17.7. The molecule has 0 radical (unpaired) electrons. The Balaban J connectivity index is 1.91. The molecule has 0 aliphatic heterocycles. The fourth-order valence-electron chi connectivity index (χ4n) is 2.71. The molecule has 0 unspecified atom stereocenters. The Labute approximate surface area is 145 Å². The van der Waals surface area contributed by atoms with Gasteiger partial charge in [0.15, 0.2) is 0 Å². The molecule has 0 aliphatic rings. The minimum Gasteiger partial charge on any atom is -0.491 e. The third-order valence-electron chi connectivity index (χ3n) is 4.27. The van der Waals surface area contributed by atoms with E-state index in [9.17, 15) is 4.79 Å². The standard InChI is InChI=1S/C21H27NO2/c1-14(2)18-8-6-7-9-20(18)24-11-10-22-21(23)19-13-16(4)15(3)12-17(19)5/h6-9,12-14H,10-11H2,1-5H3,(H,22,23). The van der Waals surface area contributed by atoms with Gasteiger partial charge in [0, 0.05) is 5.56 Å². The predicted octanol–water partition coefficient (Wildman–Crippen LogP) is 4.54. The summed E-state index contributed by atoms with van der Waals surface area (Å²) < 4.78 is 5.84. The first-order valence-corrected chi connectivity index (χ1v) is 8.48. The molecular weight excluding hydrogens is 298 g/mol. The Morgan fingerprint density at radius 2 is 1.71 bits per heavy atom. The van der Waals surface area contributed by atoms with Crippen molar-refractivity contribution >= 4 is 5.91 Å². The van der Waals surface area contributed by atoms with Gasteiger partial charge in [-0.2, -0.15) is 0 Å². The topological polar surface area (TPSA) is 38.3 Å². The zero-order valence-corrected chi connectivity index (χ0v) is 15.3. The third-order valence-corrected chi connectivity index (χ3v) is 4.27. The number of hydrogen-bond acceptors (Lipinski definition) is 2. The second-order valence-electron chi connectivity index (χ2n) is 6.55. The molecule has 128 valence electrons. The van der Waals surface area contributed by atoms with Gasteiger partial charge in [0.1, 0.15) is 12.4 Å². The summed E-state index contributed by atoms with van der Waals surface area (Å²) in [5.41, 5.74) is 5.27. The molecule has 24 heavy (non-hydrogen) atoms. The lowest BCUT2D eigenvalue weighted by molar-refractivity contribution is 0.0946. The number of para-hydroxylation sites is 1. The van der Waals surface area contributed by atoms with Crippen LogP contribution in [0.3, 0.4) is 0 Å². The monoisotopic (exact) mass is 325 g/mol. The number of rotatable bonds is 6. The Morgan fingerprint density at radius 1 is 1.04 bits per heavy atom. The van der Waals surface area contributed by atoms with Crippen LogP contribution in [0.4, 0.5) is 0 Å². The fourth-order valence-corrected chi connectivity index (χ4v) is 2.71.